The van der Waals surface area contributed by atoms with Crippen molar-refractivity contribution >= 4 is 124 Å². The van der Waals surface area contributed by atoms with Crippen molar-refractivity contribution in [1.82, 2.24) is 9.13 Å². The number of nitrogens with zero attached hydrogens (tertiary/aromatic N) is 2. The molecule has 6 aliphatic heterocycles. The minimum atomic E-state index is 0.0859. The summed E-state index contributed by atoms with van der Waals surface area (Å²) in [7, 11) is 0. The highest BCUT2D eigenvalue weighted by molar-refractivity contribution is 6.99. The summed E-state index contributed by atoms with van der Waals surface area (Å²) in [5.74, 6) is 10.6. The molecule has 0 fully saturated rings. The zero-order valence-corrected chi connectivity index (χ0v) is 65.9. The lowest BCUT2D eigenvalue weighted by Crippen LogP contribution is -2.57. The van der Waals surface area contributed by atoms with Gasteiger partial charge in [-0.2, -0.15) is 0 Å². The van der Waals surface area contributed by atoms with Crippen molar-refractivity contribution in [1.29, 1.82) is 0 Å². The van der Waals surface area contributed by atoms with E-state index >= 15 is 0 Å². The molecular formula is C109H71B3N2O6. The average molecular weight is 1540 g/mol. The predicted molar refractivity (Wildman–Crippen MR) is 495 cm³/mol. The molecule has 0 spiro atoms. The molecule has 0 saturated heterocycles. The summed E-state index contributed by atoms with van der Waals surface area (Å²) in [5.41, 5.74) is 30.5. The molecule has 562 valence electrons. The van der Waals surface area contributed by atoms with Crippen LogP contribution in [-0.2, 0) is 0 Å². The van der Waals surface area contributed by atoms with Crippen molar-refractivity contribution in [2.24, 2.45) is 0 Å². The lowest BCUT2D eigenvalue weighted by Gasteiger charge is -2.33. The quantitative estimate of drug-likeness (QED) is 0.155. The van der Waals surface area contributed by atoms with Crippen LogP contribution in [0.5, 0.6) is 69.0 Å². The Bertz CT molecular complexity index is 7410. The molecule has 0 N–H and O–H groups in total. The van der Waals surface area contributed by atoms with Gasteiger partial charge in [-0.15, -0.1) is 0 Å². The van der Waals surface area contributed by atoms with Crippen LogP contribution in [0, 0.1) is 20.8 Å². The molecule has 0 unspecified atom stereocenters. The minimum absolute atomic E-state index is 0.0859. The average Bonchev–Trinajstić information content (AvgIpc) is 1.75. The highest BCUT2D eigenvalue weighted by Crippen LogP contribution is 2.46. The second kappa shape index (κ2) is 27.5. The Morgan fingerprint density at radius 3 is 0.883 bits per heavy atom. The Balaban J connectivity index is 0.000000102. The third-order valence-corrected chi connectivity index (χ3v) is 25.3. The zero-order valence-electron chi connectivity index (χ0n) is 65.9. The van der Waals surface area contributed by atoms with E-state index in [0.29, 0.717) is 0 Å². The number of hydrogen-bond acceptors (Lipinski definition) is 6. The molecule has 120 heavy (non-hydrogen) atoms. The zero-order chi connectivity index (χ0) is 79.4. The van der Waals surface area contributed by atoms with Gasteiger partial charge in [0.15, 0.2) is 0 Å². The molecule has 8 nitrogen and oxygen atoms in total. The van der Waals surface area contributed by atoms with E-state index in [0.717, 1.165) is 119 Å². The summed E-state index contributed by atoms with van der Waals surface area (Å²) in [5, 5.41) is 7.52. The molecular weight excluding hydrogens is 1470 g/mol. The van der Waals surface area contributed by atoms with E-state index in [1.165, 1.54) is 126 Å². The number of para-hydroxylation sites is 10. The maximum absolute atomic E-state index is 6.54. The molecule has 6 aliphatic rings. The standard InChI is InChI=1S/2C37H24BNO2.C35H23BO2/c1-23-20-25(39-31-14-6-2-10-27(31)28-11-3-7-15-32(28)39)18-19-26(23)24-21-35-37-36(22-24)41-34-17-9-5-13-30(34)38(37)29-12-4-8-16-33(29)40-35;1-23-20-24(18-19-30(23)39-31-14-6-2-10-26(31)27-11-3-7-15-32(27)39)25-21-35-37-36(22-25)41-34-17-9-5-13-29(34)38(37)28-12-4-8-16-33(28)40-35;1-22-10-2-3-11-24(22)28-19-18-25(26-12-4-5-13-27(26)28)23-20-33-35-34(21-23)38-32-17-9-7-15-30(32)36(35)29-14-6-8-16-31(29)37-33/h2*2-22H,1H3;2-21H,1H3. The van der Waals surface area contributed by atoms with Crippen molar-refractivity contribution in [3.8, 4) is 125 Å². The molecule has 20 aromatic rings. The van der Waals surface area contributed by atoms with Crippen LogP contribution in [0.2, 0.25) is 0 Å². The van der Waals surface area contributed by atoms with Gasteiger partial charge in [0.25, 0.3) is 20.1 Å². The van der Waals surface area contributed by atoms with Crippen molar-refractivity contribution in [3.63, 3.8) is 0 Å². The van der Waals surface area contributed by atoms with Crippen LogP contribution in [-0.4, -0.2) is 29.3 Å². The Morgan fingerprint density at radius 1 is 0.192 bits per heavy atom. The third kappa shape index (κ3) is 11.0. The van der Waals surface area contributed by atoms with Gasteiger partial charge in [-0.1, -0.05) is 255 Å². The van der Waals surface area contributed by atoms with Gasteiger partial charge in [0.05, 0.1) is 22.1 Å². The van der Waals surface area contributed by atoms with E-state index in [-0.39, 0.29) is 20.1 Å². The van der Waals surface area contributed by atoms with Gasteiger partial charge in [-0.25, -0.2) is 0 Å². The number of rotatable bonds is 6. The van der Waals surface area contributed by atoms with Gasteiger partial charge < -0.3 is 37.6 Å². The Morgan fingerprint density at radius 2 is 0.500 bits per heavy atom. The smallest absolute Gasteiger partial charge is 0.260 e. The Labute approximate surface area is 695 Å². The molecule has 0 aliphatic carbocycles. The first-order chi connectivity index (χ1) is 59.2. The second-order valence-electron chi connectivity index (χ2n) is 32.1. The fraction of sp³-hybridized carbons (Fsp3) is 0.0275. The molecule has 0 amide bonds. The summed E-state index contributed by atoms with van der Waals surface area (Å²) in [6.45, 7) is 6.82. The topological polar surface area (TPSA) is 65.2 Å². The molecule has 0 bridgehead atoms. The lowest BCUT2D eigenvalue weighted by molar-refractivity contribution is 0.464. The first kappa shape index (κ1) is 69.1. The summed E-state index contributed by atoms with van der Waals surface area (Å²) in [4.78, 5) is 0. The van der Waals surface area contributed by atoms with Crippen LogP contribution in [0.1, 0.15) is 16.7 Å². The van der Waals surface area contributed by atoms with Crippen molar-refractivity contribution in [2.75, 3.05) is 0 Å². The highest BCUT2D eigenvalue weighted by atomic mass is 16.5. The first-order valence-corrected chi connectivity index (χ1v) is 41.2. The number of aryl methyl sites for hydroxylation is 3. The van der Waals surface area contributed by atoms with E-state index in [2.05, 4.69) is 370 Å². The van der Waals surface area contributed by atoms with Gasteiger partial charge in [-0.3, -0.25) is 0 Å². The van der Waals surface area contributed by atoms with Gasteiger partial charge >= 0.3 is 0 Å². The number of hydrogen-bond donors (Lipinski definition) is 0. The number of ether oxygens (including phenoxy) is 6. The van der Waals surface area contributed by atoms with Gasteiger partial charge in [0.2, 0.25) is 0 Å². The van der Waals surface area contributed by atoms with E-state index in [1.807, 2.05) is 36.4 Å². The van der Waals surface area contributed by atoms with Crippen molar-refractivity contribution < 1.29 is 28.4 Å². The van der Waals surface area contributed by atoms with Gasteiger partial charge in [0, 0.05) is 49.3 Å². The van der Waals surface area contributed by atoms with E-state index in [9.17, 15) is 0 Å². The Kier molecular flexibility index (Phi) is 15.8. The van der Waals surface area contributed by atoms with Crippen LogP contribution < -0.4 is 77.6 Å². The molecule has 26 rings (SSSR count). The van der Waals surface area contributed by atoms with Crippen molar-refractivity contribution in [2.45, 2.75) is 20.8 Å². The normalized spacial score (nSPS) is 12.8. The third-order valence-electron chi connectivity index (χ3n) is 25.3. The van der Waals surface area contributed by atoms with E-state index < -0.39 is 0 Å². The molecule has 2 aromatic heterocycles. The van der Waals surface area contributed by atoms with Gasteiger partial charge in [-0.05, 0) is 247 Å². The Hall–Kier alpha value is -15.2. The number of aromatic nitrogens is 2. The second-order valence-corrected chi connectivity index (χ2v) is 32.1. The lowest BCUT2D eigenvalue weighted by atomic mass is 9.35. The number of fused-ring (bicyclic) bond motifs is 19. The van der Waals surface area contributed by atoms with Crippen LogP contribution in [0.15, 0.2) is 376 Å². The van der Waals surface area contributed by atoms with Crippen LogP contribution in [0.3, 0.4) is 0 Å². The molecule has 0 atom stereocenters. The molecule has 8 heterocycles. The maximum atomic E-state index is 6.54. The monoisotopic (exact) mass is 1540 g/mol. The fourth-order valence-corrected chi connectivity index (χ4v) is 19.9. The molecule has 0 saturated carbocycles. The van der Waals surface area contributed by atoms with E-state index in [4.69, 9.17) is 28.4 Å². The van der Waals surface area contributed by atoms with Gasteiger partial charge in [0.1, 0.15) is 69.0 Å². The van der Waals surface area contributed by atoms with Crippen LogP contribution >= 0.6 is 0 Å². The summed E-state index contributed by atoms with van der Waals surface area (Å²) in [6.07, 6.45) is 0. The number of benzene rings is 18. The summed E-state index contributed by atoms with van der Waals surface area (Å²) in [6, 6.07) is 133. The summed E-state index contributed by atoms with van der Waals surface area (Å²) >= 11 is 0. The minimum Gasteiger partial charge on any atom is -0.458 e. The van der Waals surface area contributed by atoms with Crippen LogP contribution in [0.4, 0.5) is 0 Å². The highest BCUT2D eigenvalue weighted by Gasteiger charge is 2.44. The van der Waals surface area contributed by atoms with Crippen LogP contribution in [0.25, 0.3) is 110 Å². The molecule has 11 heteroatoms. The predicted octanol–water partition coefficient (Wildman–Crippen LogP) is 22.2. The summed E-state index contributed by atoms with van der Waals surface area (Å²) < 4.78 is 44.0. The SMILES string of the molecule is Cc1cc(-c2cc3c4c(c2)Oc2ccccc2B4c2ccccc2O3)ccc1-n1c2ccccc2c2ccccc21.Cc1cc(-n2c3ccccc3c3ccccc32)ccc1-c1cc2c3c(c1)Oc1ccccc1B3c1ccccc1O2.Cc1ccccc1-c1ccc(-c2cc3c4c(c2)Oc2ccccc2B4c2ccccc2O3)c2ccccc12. The largest absolute Gasteiger partial charge is 0.458 e. The fourth-order valence-electron chi connectivity index (χ4n) is 19.9. The van der Waals surface area contributed by atoms with E-state index in [1.54, 1.807) is 0 Å². The van der Waals surface area contributed by atoms with Crippen molar-refractivity contribution in [3.05, 3.63) is 393 Å². The molecule has 18 aromatic carbocycles. The molecule has 0 radical (unpaired) electrons. The first-order valence-electron chi connectivity index (χ1n) is 41.2. The maximum Gasteiger partial charge on any atom is 0.260 e.